The van der Waals surface area contributed by atoms with Crippen LogP contribution in [-0.2, 0) is 5.54 Å². The lowest BCUT2D eigenvalue weighted by Crippen LogP contribution is -2.31. The topological polar surface area (TPSA) is 86.9 Å². The number of nitriles is 1. The van der Waals surface area contributed by atoms with Crippen molar-refractivity contribution >= 4 is 11.7 Å². The second kappa shape index (κ2) is 7.62. The number of hydrogen-bond acceptors (Lipinski definition) is 6. The van der Waals surface area contributed by atoms with Gasteiger partial charge in [0.05, 0.1) is 11.6 Å². The molecule has 0 amide bonds. The average Bonchev–Trinajstić information content (AvgIpc) is 2.59. The van der Waals surface area contributed by atoms with Gasteiger partial charge in [-0.3, -0.25) is 9.98 Å². The maximum Gasteiger partial charge on any atom is 0.223 e. The molecule has 0 aromatic carbocycles. The Hall–Kier alpha value is -3.14. The second-order valence-corrected chi connectivity index (χ2v) is 6.02. The van der Waals surface area contributed by atoms with Gasteiger partial charge in [0.15, 0.2) is 0 Å². The molecule has 2 aromatic heterocycles. The monoisotopic (exact) mass is 338 g/mol. The number of allylic oxidation sites excluding steroid dienone is 1. The Bertz CT molecular complexity index is 847. The highest BCUT2D eigenvalue weighted by Gasteiger charge is 2.26. The summed E-state index contributed by atoms with van der Waals surface area (Å²) < 4.78 is 13.9. The summed E-state index contributed by atoms with van der Waals surface area (Å²) in [5, 5.41) is 11.8. The van der Waals surface area contributed by atoms with E-state index in [-0.39, 0.29) is 11.5 Å². The summed E-state index contributed by atoms with van der Waals surface area (Å²) in [6.07, 6.45) is 6.28. The Morgan fingerprint density at radius 3 is 2.56 bits per heavy atom. The van der Waals surface area contributed by atoms with E-state index in [1.807, 2.05) is 6.07 Å². The molecule has 128 valence electrons. The lowest BCUT2D eigenvalue weighted by molar-refractivity contribution is 0.510. The highest BCUT2D eigenvalue weighted by molar-refractivity contribution is 5.98. The Kier molecular flexibility index (Phi) is 5.55. The highest BCUT2D eigenvalue weighted by atomic mass is 19.1. The molecule has 0 bridgehead atoms. The van der Waals surface area contributed by atoms with Crippen molar-refractivity contribution in [3.63, 3.8) is 0 Å². The zero-order chi connectivity index (χ0) is 18.4. The van der Waals surface area contributed by atoms with Crippen molar-refractivity contribution in [2.45, 2.75) is 33.2 Å². The van der Waals surface area contributed by atoms with Crippen LogP contribution < -0.4 is 5.32 Å². The fourth-order valence-electron chi connectivity index (χ4n) is 2.06. The van der Waals surface area contributed by atoms with E-state index in [1.165, 1.54) is 12.3 Å². The molecule has 2 aromatic rings. The number of nitrogens with one attached hydrogen (secondary N) is 1. The van der Waals surface area contributed by atoms with Crippen LogP contribution in [0.15, 0.2) is 47.5 Å². The van der Waals surface area contributed by atoms with Gasteiger partial charge < -0.3 is 5.32 Å². The molecule has 0 saturated heterocycles. The summed E-state index contributed by atoms with van der Waals surface area (Å²) >= 11 is 0. The molecule has 0 unspecified atom stereocenters. The van der Waals surface area contributed by atoms with E-state index in [9.17, 15) is 4.39 Å². The number of aliphatic imine (C=N–C) groups is 1. The maximum atomic E-state index is 13.9. The molecule has 6 nitrogen and oxygen atoms in total. The molecule has 0 spiro atoms. The van der Waals surface area contributed by atoms with Gasteiger partial charge in [-0.2, -0.15) is 5.26 Å². The Morgan fingerprint density at radius 1 is 1.28 bits per heavy atom. The van der Waals surface area contributed by atoms with E-state index in [2.05, 4.69) is 25.3 Å². The van der Waals surface area contributed by atoms with Crippen LogP contribution in [0.5, 0.6) is 0 Å². The number of hydrogen-bond donors (Lipinski definition) is 1. The molecule has 0 aliphatic carbocycles. The van der Waals surface area contributed by atoms with Gasteiger partial charge in [0, 0.05) is 41.6 Å². The molecule has 2 heterocycles. The molecule has 0 saturated carbocycles. The molecule has 1 N–H and O–H groups in total. The van der Waals surface area contributed by atoms with Crippen molar-refractivity contribution < 1.29 is 4.39 Å². The second-order valence-electron chi connectivity index (χ2n) is 6.02. The van der Waals surface area contributed by atoms with Crippen LogP contribution in [0, 0.1) is 17.1 Å². The Morgan fingerprint density at radius 2 is 1.96 bits per heavy atom. The van der Waals surface area contributed by atoms with E-state index >= 15 is 0 Å². The normalized spacial score (nSPS) is 12.6. The van der Waals surface area contributed by atoms with Crippen LogP contribution in [0.4, 0.5) is 10.3 Å². The van der Waals surface area contributed by atoms with E-state index in [0.717, 1.165) is 5.56 Å². The number of anilines is 1. The van der Waals surface area contributed by atoms with E-state index in [4.69, 9.17) is 5.26 Å². The molecule has 7 heteroatoms. The maximum absolute atomic E-state index is 13.9. The summed E-state index contributed by atoms with van der Waals surface area (Å²) in [6.45, 7) is 7.09. The largest absolute Gasteiger partial charge is 0.344 e. The highest BCUT2D eigenvalue weighted by Crippen LogP contribution is 2.24. The van der Waals surface area contributed by atoms with Crippen LogP contribution in [0.25, 0.3) is 0 Å². The van der Waals surface area contributed by atoms with Crippen LogP contribution in [0.2, 0.25) is 0 Å². The van der Waals surface area contributed by atoms with Crippen molar-refractivity contribution in [3.8, 4) is 6.07 Å². The Labute approximate surface area is 146 Å². The van der Waals surface area contributed by atoms with Crippen LogP contribution in [0.3, 0.4) is 0 Å². The number of rotatable bonds is 5. The lowest BCUT2D eigenvalue weighted by Gasteiger charge is -2.25. The van der Waals surface area contributed by atoms with Crippen molar-refractivity contribution in [1.29, 1.82) is 5.26 Å². The minimum atomic E-state index is -0.775. The van der Waals surface area contributed by atoms with Gasteiger partial charge in [0.1, 0.15) is 11.5 Å². The minimum Gasteiger partial charge on any atom is -0.344 e. The summed E-state index contributed by atoms with van der Waals surface area (Å²) in [4.78, 5) is 16.8. The summed E-state index contributed by atoms with van der Waals surface area (Å²) in [6, 6.07) is 4.92. The zero-order valence-corrected chi connectivity index (χ0v) is 14.6. The standard InChI is InChI=1S/C18H19FN6/c1-12(8-20)9-22-13(2)14-10-23-17(24-11-14)25-18(3,4)16-15(19)6-5-7-21-16/h5-7,9-11H,1-4H3,(H,23,24,25)/b12-9+,22-13?. The molecular formula is C18H19FN6. The molecule has 0 aliphatic rings. The summed E-state index contributed by atoms with van der Waals surface area (Å²) in [5.74, 6) is -0.0328. The van der Waals surface area contributed by atoms with Gasteiger partial charge >= 0.3 is 0 Å². The molecule has 0 aliphatic heterocycles. The summed E-state index contributed by atoms with van der Waals surface area (Å²) in [5.41, 5.74) is 1.45. The molecule has 0 fully saturated rings. The molecule has 2 rings (SSSR count). The van der Waals surface area contributed by atoms with Crippen LogP contribution in [-0.4, -0.2) is 20.7 Å². The van der Waals surface area contributed by atoms with E-state index in [1.54, 1.807) is 52.4 Å². The zero-order valence-electron chi connectivity index (χ0n) is 14.6. The van der Waals surface area contributed by atoms with Crippen LogP contribution in [0.1, 0.15) is 39.0 Å². The van der Waals surface area contributed by atoms with Crippen LogP contribution >= 0.6 is 0 Å². The third-order valence-corrected chi connectivity index (χ3v) is 3.47. The van der Waals surface area contributed by atoms with Crippen molar-refractivity contribution in [3.05, 3.63) is 59.6 Å². The molecule has 0 radical (unpaired) electrons. The lowest BCUT2D eigenvalue weighted by atomic mass is 9.99. The number of halogens is 1. The third kappa shape index (κ3) is 4.67. The molecule has 25 heavy (non-hydrogen) atoms. The van der Waals surface area contributed by atoms with E-state index in [0.29, 0.717) is 17.2 Å². The fraction of sp³-hybridized carbons (Fsp3) is 0.278. The first kappa shape index (κ1) is 18.2. The van der Waals surface area contributed by atoms with Gasteiger partial charge in [-0.05, 0) is 39.8 Å². The summed E-state index contributed by atoms with van der Waals surface area (Å²) in [7, 11) is 0. The molecular weight excluding hydrogens is 319 g/mol. The fourth-order valence-corrected chi connectivity index (χ4v) is 2.06. The minimum absolute atomic E-state index is 0.289. The Balaban J connectivity index is 2.18. The SMILES string of the molecule is CC(=N/C=C(\C)C#N)c1cnc(NC(C)(C)c2ncccc2F)nc1. The van der Waals surface area contributed by atoms with Gasteiger partial charge in [-0.1, -0.05) is 0 Å². The van der Waals surface area contributed by atoms with Gasteiger partial charge in [-0.15, -0.1) is 0 Å². The smallest absolute Gasteiger partial charge is 0.223 e. The van der Waals surface area contributed by atoms with Crippen molar-refractivity contribution in [1.82, 2.24) is 15.0 Å². The van der Waals surface area contributed by atoms with Crippen molar-refractivity contribution in [2.24, 2.45) is 4.99 Å². The third-order valence-electron chi connectivity index (χ3n) is 3.47. The first-order chi connectivity index (χ1) is 11.8. The first-order valence-corrected chi connectivity index (χ1v) is 7.66. The van der Waals surface area contributed by atoms with Gasteiger partial charge in [0.25, 0.3) is 0 Å². The van der Waals surface area contributed by atoms with Gasteiger partial charge in [0.2, 0.25) is 5.95 Å². The average molecular weight is 338 g/mol. The first-order valence-electron chi connectivity index (χ1n) is 7.66. The van der Waals surface area contributed by atoms with Gasteiger partial charge in [-0.25, -0.2) is 14.4 Å². The predicted octanol–water partition coefficient (Wildman–Crippen LogP) is 3.59. The van der Waals surface area contributed by atoms with E-state index < -0.39 is 5.54 Å². The molecule has 0 atom stereocenters. The number of aromatic nitrogens is 3. The van der Waals surface area contributed by atoms with Crippen molar-refractivity contribution in [2.75, 3.05) is 5.32 Å². The quantitative estimate of drug-likeness (QED) is 0.665. The number of nitrogens with zero attached hydrogens (tertiary/aromatic N) is 5. The predicted molar refractivity (Wildman–Crippen MR) is 94.5 cm³/mol. The number of pyridine rings is 1.